The molecule has 7 heteroatoms. The number of aryl methyl sites for hydroxylation is 1. The van der Waals surface area contributed by atoms with E-state index in [0.717, 1.165) is 5.56 Å². The van der Waals surface area contributed by atoms with E-state index in [-0.39, 0.29) is 5.56 Å². The molecule has 0 bridgehead atoms. The minimum atomic E-state index is -0.378. The van der Waals surface area contributed by atoms with E-state index in [1.54, 1.807) is 39.4 Å². The van der Waals surface area contributed by atoms with Gasteiger partial charge in [0.05, 0.1) is 25.3 Å². The molecule has 0 unspecified atom stereocenters. The van der Waals surface area contributed by atoms with Gasteiger partial charge in [-0.2, -0.15) is 4.98 Å². The molecule has 1 aromatic carbocycles. The number of methoxy groups -OCH3 is 2. The molecule has 2 aliphatic heterocycles. The lowest BCUT2D eigenvalue weighted by Crippen LogP contribution is -2.32. The molecule has 0 radical (unpaired) electrons. The molecule has 7 nitrogen and oxygen atoms in total. The molecule has 2 heterocycles. The van der Waals surface area contributed by atoms with E-state index >= 15 is 0 Å². The van der Waals surface area contributed by atoms with Crippen molar-refractivity contribution in [1.29, 1.82) is 0 Å². The molecule has 3 rings (SSSR count). The summed E-state index contributed by atoms with van der Waals surface area (Å²) in [4.78, 5) is 20.4. The molecule has 0 fully saturated rings. The van der Waals surface area contributed by atoms with Crippen molar-refractivity contribution in [1.82, 2.24) is 19.7 Å². The van der Waals surface area contributed by atoms with Gasteiger partial charge in [0.15, 0.2) is 0 Å². The maximum Gasteiger partial charge on any atom is 0.299 e. The van der Waals surface area contributed by atoms with Crippen LogP contribution in [0.5, 0.6) is 11.5 Å². The predicted molar refractivity (Wildman–Crippen MR) is 85.8 cm³/mol. The fraction of sp³-hybridized carbons (Fsp3) is 0.188. The highest BCUT2D eigenvalue weighted by molar-refractivity contribution is 5.58. The number of nitrogens with one attached hydrogen (secondary N) is 1. The van der Waals surface area contributed by atoms with E-state index in [1.165, 1.54) is 4.68 Å². The second kappa shape index (κ2) is 5.60. The Morgan fingerprint density at radius 1 is 1.26 bits per heavy atom. The molecule has 0 amide bonds. The summed E-state index contributed by atoms with van der Waals surface area (Å²) in [6.45, 7) is 5.66. The van der Waals surface area contributed by atoms with Crippen molar-refractivity contribution in [2.45, 2.75) is 6.92 Å². The summed E-state index contributed by atoms with van der Waals surface area (Å²) in [6, 6.07) is 5.35. The number of aromatic amines is 1. The summed E-state index contributed by atoms with van der Waals surface area (Å²) in [6.07, 6.45) is 1.69. The van der Waals surface area contributed by atoms with Crippen LogP contribution in [0.25, 0.3) is 18.6 Å². The van der Waals surface area contributed by atoms with Gasteiger partial charge in [0.25, 0.3) is 11.5 Å². The number of fused-ring (bicyclic) bond motifs is 1. The Hall–Kier alpha value is -3.09. The first-order chi connectivity index (χ1) is 11.0. The fourth-order valence-electron chi connectivity index (χ4n) is 2.23. The van der Waals surface area contributed by atoms with Gasteiger partial charge in [-0.3, -0.25) is 9.89 Å². The van der Waals surface area contributed by atoms with Gasteiger partial charge in [-0.1, -0.05) is 6.58 Å². The highest BCUT2D eigenvalue weighted by Gasteiger charge is 2.12. The lowest BCUT2D eigenvalue weighted by molar-refractivity contribution is 0.393. The smallest absolute Gasteiger partial charge is 0.299 e. The average molecular weight is 312 g/mol. The van der Waals surface area contributed by atoms with E-state index in [9.17, 15) is 4.79 Å². The lowest BCUT2D eigenvalue weighted by atomic mass is 10.2. The number of rotatable bonds is 3. The normalized spacial score (nSPS) is 11.9. The van der Waals surface area contributed by atoms with Crippen molar-refractivity contribution in [3.63, 3.8) is 0 Å². The van der Waals surface area contributed by atoms with Crippen molar-refractivity contribution in [3.05, 3.63) is 50.5 Å². The molecule has 0 atom stereocenters. The van der Waals surface area contributed by atoms with Gasteiger partial charge < -0.3 is 9.47 Å². The van der Waals surface area contributed by atoms with Gasteiger partial charge in [0.1, 0.15) is 16.8 Å². The molecule has 23 heavy (non-hydrogen) atoms. The van der Waals surface area contributed by atoms with Crippen molar-refractivity contribution in [3.8, 4) is 17.4 Å². The van der Waals surface area contributed by atoms with Crippen molar-refractivity contribution < 1.29 is 9.47 Å². The number of benzene rings is 1. The van der Waals surface area contributed by atoms with Crippen LogP contribution in [0, 0.1) is 6.92 Å². The minimum Gasteiger partial charge on any atom is -0.497 e. The third-order valence-electron chi connectivity index (χ3n) is 3.55. The van der Waals surface area contributed by atoms with E-state index in [0.29, 0.717) is 33.8 Å². The first-order valence-corrected chi connectivity index (χ1v) is 6.91. The second-order valence-electron chi connectivity index (χ2n) is 4.98. The molecule has 118 valence electrons. The number of nitrogens with zero attached hydrogens (tertiary/aromatic N) is 3. The Balaban J connectivity index is 2.27. The zero-order valence-electron chi connectivity index (χ0n) is 13.1. The quantitative estimate of drug-likeness (QED) is 0.734. The molecular formula is C16H16N4O3. The van der Waals surface area contributed by atoms with Crippen LogP contribution in [0.1, 0.15) is 11.3 Å². The Morgan fingerprint density at radius 3 is 2.74 bits per heavy atom. The van der Waals surface area contributed by atoms with Crippen LogP contribution in [-0.2, 0) is 0 Å². The topological polar surface area (TPSA) is 82.0 Å². The largest absolute Gasteiger partial charge is 0.497 e. The molecule has 2 aliphatic rings. The zero-order valence-corrected chi connectivity index (χ0v) is 13.1. The van der Waals surface area contributed by atoms with Crippen LogP contribution in [0.4, 0.5) is 0 Å². The second-order valence-corrected chi connectivity index (χ2v) is 4.98. The molecule has 1 aromatic rings. The summed E-state index contributed by atoms with van der Waals surface area (Å²) in [5.74, 6) is 1.57. The SMILES string of the molecule is C=c1[nH]n2/c(=C/c3ccc(OC)cc3OC)c(=O)nc-2nc1C. The van der Waals surface area contributed by atoms with Gasteiger partial charge in [-0.25, -0.2) is 9.67 Å². The Bertz CT molecular complexity index is 1000. The van der Waals surface area contributed by atoms with Gasteiger partial charge in [-0.15, -0.1) is 0 Å². The van der Waals surface area contributed by atoms with Gasteiger partial charge in [0, 0.05) is 11.6 Å². The lowest BCUT2D eigenvalue weighted by Gasteiger charge is -2.07. The highest BCUT2D eigenvalue weighted by atomic mass is 16.5. The van der Waals surface area contributed by atoms with Crippen LogP contribution in [-0.4, -0.2) is 34.0 Å². The molecule has 1 N–H and O–H groups in total. The van der Waals surface area contributed by atoms with Gasteiger partial charge >= 0.3 is 0 Å². The van der Waals surface area contributed by atoms with Gasteiger partial charge in [0.2, 0.25) is 0 Å². The van der Waals surface area contributed by atoms with Crippen molar-refractivity contribution >= 4 is 12.7 Å². The number of imidazole rings is 1. The Morgan fingerprint density at radius 2 is 2.04 bits per heavy atom. The third-order valence-corrected chi connectivity index (χ3v) is 3.55. The van der Waals surface area contributed by atoms with E-state index < -0.39 is 0 Å². The van der Waals surface area contributed by atoms with Crippen LogP contribution in [0.2, 0.25) is 0 Å². The third kappa shape index (κ3) is 2.57. The number of H-pyrrole nitrogens is 1. The first-order valence-electron chi connectivity index (χ1n) is 6.91. The monoisotopic (exact) mass is 312 g/mol. The first kappa shape index (κ1) is 14.8. The van der Waals surface area contributed by atoms with Crippen LogP contribution in [0.3, 0.4) is 0 Å². The van der Waals surface area contributed by atoms with Crippen molar-refractivity contribution in [2.75, 3.05) is 14.2 Å². The highest BCUT2D eigenvalue weighted by Crippen LogP contribution is 2.24. The molecule has 0 aliphatic carbocycles. The van der Waals surface area contributed by atoms with E-state index in [4.69, 9.17) is 9.47 Å². The molecular weight excluding hydrogens is 296 g/mol. The standard InChI is InChI=1S/C16H16N4O3/c1-9-10(2)19-20-13(15(21)18-16(20)17-9)7-11-5-6-12(22-3)8-14(11)23-4/h5-8,19H,2H2,1,3-4H3/b13-7+. The summed E-state index contributed by atoms with van der Waals surface area (Å²) >= 11 is 0. The number of aromatic nitrogens is 4. The Kier molecular flexibility index (Phi) is 3.61. The maximum atomic E-state index is 12.2. The Labute approximate surface area is 131 Å². The van der Waals surface area contributed by atoms with Crippen molar-refractivity contribution in [2.24, 2.45) is 0 Å². The summed E-state index contributed by atoms with van der Waals surface area (Å²) in [7, 11) is 3.14. The predicted octanol–water partition coefficient (Wildman–Crippen LogP) is -0.0419. The summed E-state index contributed by atoms with van der Waals surface area (Å²) in [5.41, 5.74) is 1.04. The molecule has 0 saturated carbocycles. The van der Waals surface area contributed by atoms with Crippen LogP contribution >= 0.6 is 0 Å². The molecule has 0 aromatic heterocycles. The van der Waals surface area contributed by atoms with Gasteiger partial charge in [-0.05, 0) is 25.1 Å². The van der Waals surface area contributed by atoms with E-state index in [2.05, 4.69) is 21.6 Å². The number of hydrogen-bond acceptors (Lipinski definition) is 5. The summed E-state index contributed by atoms with van der Waals surface area (Å²) < 4.78 is 12.0. The maximum absolute atomic E-state index is 12.2. The minimum absolute atomic E-state index is 0.304. The average Bonchev–Trinajstić information content (AvgIpc) is 2.83. The van der Waals surface area contributed by atoms with E-state index in [1.807, 2.05) is 6.07 Å². The molecule has 0 spiro atoms. The summed E-state index contributed by atoms with van der Waals surface area (Å²) in [5, 5.41) is 3.98. The van der Waals surface area contributed by atoms with Crippen LogP contribution in [0.15, 0.2) is 23.0 Å². The molecule has 0 saturated heterocycles. The zero-order chi connectivity index (χ0) is 16.6. The number of ether oxygens (including phenoxy) is 2. The van der Waals surface area contributed by atoms with Crippen LogP contribution < -0.4 is 25.7 Å². The fourth-order valence-corrected chi connectivity index (χ4v) is 2.23. The number of hydrogen-bond donors (Lipinski definition) is 1.